The second-order valence-corrected chi connectivity index (χ2v) is 6.14. The summed E-state index contributed by atoms with van der Waals surface area (Å²) < 4.78 is 10.9. The number of ether oxygens (including phenoxy) is 2. The van der Waals surface area contributed by atoms with Crippen LogP contribution in [0.1, 0.15) is 11.1 Å². The third-order valence-corrected chi connectivity index (χ3v) is 4.02. The monoisotopic (exact) mass is 406 g/mol. The molecule has 0 radical (unpaired) electrons. The number of rotatable bonds is 9. The Hall–Kier alpha value is -4.07. The van der Waals surface area contributed by atoms with Gasteiger partial charge in [-0.25, -0.2) is 4.98 Å². The molecule has 3 rings (SSSR count). The average molecular weight is 406 g/mol. The molecule has 0 aliphatic rings. The largest absolute Gasteiger partial charge is 0.496 e. The molecule has 8 nitrogen and oxygen atoms in total. The molecule has 8 heteroatoms. The molecule has 0 aliphatic heterocycles. The SMILES string of the molecule is COc1ccccc1CNC(=O)CO/N=C(/N)c1ccc(Oc2ccccc2)nc1. The van der Waals surface area contributed by atoms with E-state index in [1.165, 1.54) is 6.20 Å². The predicted octanol–water partition coefficient (Wildman–Crippen LogP) is 2.84. The average Bonchev–Trinajstić information content (AvgIpc) is 2.79. The van der Waals surface area contributed by atoms with E-state index in [0.29, 0.717) is 29.5 Å². The third kappa shape index (κ3) is 5.96. The first-order valence-electron chi connectivity index (χ1n) is 9.19. The number of benzene rings is 2. The molecule has 0 atom stereocenters. The van der Waals surface area contributed by atoms with Crippen molar-refractivity contribution in [2.75, 3.05) is 13.7 Å². The highest BCUT2D eigenvalue weighted by Crippen LogP contribution is 2.18. The molecule has 0 bridgehead atoms. The van der Waals surface area contributed by atoms with Crippen molar-refractivity contribution in [2.24, 2.45) is 10.9 Å². The van der Waals surface area contributed by atoms with Crippen molar-refractivity contribution in [1.29, 1.82) is 0 Å². The number of nitrogens with zero attached hydrogens (tertiary/aromatic N) is 2. The van der Waals surface area contributed by atoms with Crippen LogP contribution in [0.15, 0.2) is 78.1 Å². The fraction of sp³-hybridized carbons (Fsp3) is 0.136. The Labute approximate surface area is 174 Å². The second kappa shape index (κ2) is 10.5. The highest BCUT2D eigenvalue weighted by atomic mass is 16.6. The van der Waals surface area contributed by atoms with Gasteiger partial charge >= 0.3 is 0 Å². The van der Waals surface area contributed by atoms with E-state index in [1.54, 1.807) is 19.2 Å². The van der Waals surface area contributed by atoms with E-state index < -0.39 is 0 Å². The number of hydrogen-bond donors (Lipinski definition) is 2. The summed E-state index contributed by atoms with van der Waals surface area (Å²) in [5.41, 5.74) is 7.29. The number of oxime groups is 1. The number of nitrogens with one attached hydrogen (secondary N) is 1. The van der Waals surface area contributed by atoms with Crippen LogP contribution in [0.5, 0.6) is 17.4 Å². The number of pyridine rings is 1. The van der Waals surface area contributed by atoms with Gasteiger partial charge in [-0.2, -0.15) is 0 Å². The van der Waals surface area contributed by atoms with Crippen LogP contribution in [0.2, 0.25) is 0 Å². The lowest BCUT2D eigenvalue weighted by Gasteiger charge is -2.09. The van der Waals surface area contributed by atoms with Crippen molar-refractivity contribution < 1.29 is 19.1 Å². The molecule has 3 aromatic rings. The molecule has 0 saturated heterocycles. The van der Waals surface area contributed by atoms with Crippen LogP contribution < -0.4 is 20.5 Å². The van der Waals surface area contributed by atoms with Gasteiger partial charge < -0.3 is 25.4 Å². The number of amidine groups is 1. The van der Waals surface area contributed by atoms with E-state index in [4.69, 9.17) is 20.0 Å². The smallest absolute Gasteiger partial charge is 0.261 e. The number of carbonyl (C=O) groups is 1. The summed E-state index contributed by atoms with van der Waals surface area (Å²) in [6.45, 7) is 0.0523. The summed E-state index contributed by atoms with van der Waals surface area (Å²) in [6, 6.07) is 20.1. The fourth-order valence-corrected chi connectivity index (χ4v) is 2.51. The maximum absolute atomic E-state index is 11.9. The number of hydrogen-bond acceptors (Lipinski definition) is 6. The molecule has 30 heavy (non-hydrogen) atoms. The molecular formula is C22H22N4O4. The summed E-state index contributed by atoms with van der Waals surface area (Å²) in [7, 11) is 1.58. The number of aromatic nitrogens is 1. The van der Waals surface area contributed by atoms with E-state index >= 15 is 0 Å². The number of para-hydroxylation sites is 2. The highest BCUT2D eigenvalue weighted by molar-refractivity contribution is 5.96. The van der Waals surface area contributed by atoms with Crippen molar-refractivity contribution in [1.82, 2.24) is 10.3 Å². The number of carbonyl (C=O) groups excluding carboxylic acids is 1. The van der Waals surface area contributed by atoms with Gasteiger partial charge in [-0.1, -0.05) is 41.6 Å². The van der Waals surface area contributed by atoms with Crippen molar-refractivity contribution in [3.8, 4) is 17.4 Å². The minimum absolute atomic E-state index is 0.103. The van der Waals surface area contributed by atoms with Gasteiger partial charge in [0.15, 0.2) is 12.4 Å². The highest BCUT2D eigenvalue weighted by Gasteiger charge is 2.07. The van der Waals surface area contributed by atoms with Crippen molar-refractivity contribution in [3.05, 3.63) is 84.1 Å². The zero-order valence-electron chi connectivity index (χ0n) is 16.4. The van der Waals surface area contributed by atoms with Crippen molar-refractivity contribution in [2.45, 2.75) is 6.54 Å². The van der Waals surface area contributed by atoms with E-state index in [2.05, 4.69) is 15.5 Å². The number of methoxy groups -OCH3 is 1. The molecule has 1 aromatic heterocycles. The van der Waals surface area contributed by atoms with E-state index in [-0.39, 0.29) is 18.3 Å². The van der Waals surface area contributed by atoms with Gasteiger partial charge in [0.1, 0.15) is 11.5 Å². The Bertz CT molecular complexity index is 992. The van der Waals surface area contributed by atoms with Gasteiger partial charge in [0.2, 0.25) is 5.88 Å². The van der Waals surface area contributed by atoms with Crippen molar-refractivity contribution in [3.63, 3.8) is 0 Å². The summed E-state index contributed by atoms with van der Waals surface area (Å²) in [5.74, 6) is 1.58. The first kappa shape index (κ1) is 20.7. The lowest BCUT2D eigenvalue weighted by molar-refractivity contribution is -0.125. The molecule has 0 fully saturated rings. The van der Waals surface area contributed by atoms with Crippen molar-refractivity contribution >= 4 is 11.7 Å². The van der Waals surface area contributed by atoms with E-state index in [1.807, 2.05) is 54.6 Å². The molecule has 2 aromatic carbocycles. The summed E-state index contributed by atoms with van der Waals surface area (Å²) in [5, 5.41) is 6.50. The first-order valence-corrected chi connectivity index (χ1v) is 9.19. The topological polar surface area (TPSA) is 108 Å². The van der Waals surface area contributed by atoms with Crippen LogP contribution in [-0.2, 0) is 16.2 Å². The zero-order chi connectivity index (χ0) is 21.2. The lowest BCUT2D eigenvalue weighted by atomic mass is 10.2. The van der Waals surface area contributed by atoms with E-state index in [0.717, 1.165) is 5.56 Å². The fourth-order valence-electron chi connectivity index (χ4n) is 2.51. The molecule has 0 aliphatic carbocycles. The van der Waals surface area contributed by atoms with Gasteiger partial charge in [-0.15, -0.1) is 0 Å². The minimum Gasteiger partial charge on any atom is -0.496 e. The molecule has 3 N–H and O–H groups in total. The van der Waals surface area contributed by atoms with Crippen LogP contribution in [0, 0.1) is 0 Å². The van der Waals surface area contributed by atoms with Crippen LogP contribution in [0.25, 0.3) is 0 Å². The Morgan fingerprint density at radius 2 is 1.83 bits per heavy atom. The summed E-state index contributed by atoms with van der Waals surface area (Å²) in [6.07, 6.45) is 1.52. The normalized spacial score (nSPS) is 10.9. The van der Waals surface area contributed by atoms with Crippen LogP contribution in [0.3, 0.4) is 0 Å². The van der Waals surface area contributed by atoms with E-state index in [9.17, 15) is 4.79 Å². The standard InChI is InChI=1S/C22H22N4O4/c1-28-19-10-6-5-7-16(19)13-24-20(27)15-29-26-22(23)17-11-12-21(25-14-17)30-18-8-3-2-4-9-18/h2-12,14H,13,15H2,1H3,(H2,23,26)(H,24,27). The Balaban J connectivity index is 1.47. The molecular weight excluding hydrogens is 384 g/mol. The predicted molar refractivity (Wildman–Crippen MR) is 112 cm³/mol. The summed E-state index contributed by atoms with van der Waals surface area (Å²) >= 11 is 0. The molecule has 0 spiro atoms. The first-order chi connectivity index (χ1) is 14.7. The lowest BCUT2D eigenvalue weighted by Crippen LogP contribution is -2.27. The van der Waals surface area contributed by atoms with Crippen LogP contribution >= 0.6 is 0 Å². The van der Waals surface area contributed by atoms with Gasteiger partial charge in [-0.3, -0.25) is 4.79 Å². The Morgan fingerprint density at radius 3 is 2.57 bits per heavy atom. The van der Waals surface area contributed by atoms with Gasteiger partial charge in [-0.05, 0) is 24.3 Å². The van der Waals surface area contributed by atoms with Crippen LogP contribution in [0.4, 0.5) is 0 Å². The molecule has 0 saturated carbocycles. The molecule has 1 amide bonds. The third-order valence-electron chi connectivity index (χ3n) is 4.02. The second-order valence-electron chi connectivity index (χ2n) is 6.14. The Kier molecular flexibility index (Phi) is 7.21. The molecule has 0 unspecified atom stereocenters. The minimum atomic E-state index is -0.331. The summed E-state index contributed by atoms with van der Waals surface area (Å²) in [4.78, 5) is 21.2. The zero-order valence-corrected chi connectivity index (χ0v) is 16.4. The quantitative estimate of drug-likeness (QED) is 0.321. The van der Waals surface area contributed by atoms with Gasteiger partial charge in [0.25, 0.3) is 5.91 Å². The molecule has 154 valence electrons. The van der Waals surface area contributed by atoms with Gasteiger partial charge in [0.05, 0.1) is 7.11 Å². The molecule has 1 heterocycles. The number of amides is 1. The Morgan fingerprint density at radius 1 is 1.07 bits per heavy atom. The van der Waals surface area contributed by atoms with Crippen LogP contribution in [-0.4, -0.2) is 30.4 Å². The number of nitrogens with two attached hydrogens (primary N) is 1. The maximum atomic E-state index is 11.9. The maximum Gasteiger partial charge on any atom is 0.261 e. The van der Waals surface area contributed by atoms with Gasteiger partial charge in [0, 0.05) is 29.9 Å².